The van der Waals surface area contributed by atoms with Crippen LogP contribution in [0.2, 0.25) is 0 Å². The van der Waals surface area contributed by atoms with E-state index in [1.807, 2.05) is 16.9 Å². The molecule has 0 N–H and O–H groups in total. The smallest absolute Gasteiger partial charge is 0.159 e. The fraction of sp³-hybridized carbons (Fsp3) is 0.450. The highest BCUT2D eigenvalue weighted by Gasteiger charge is 2.62. The molecule has 1 atom stereocenters. The van der Waals surface area contributed by atoms with Crippen molar-refractivity contribution in [2.45, 2.75) is 25.2 Å². The molecule has 1 saturated heterocycles. The number of rotatable bonds is 3. The lowest BCUT2D eigenvalue weighted by atomic mass is 10.1. The second-order valence-corrected chi connectivity index (χ2v) is 7.83. The predicted octanol–water partition coefficient (Wildman–Crippen LogP) is 2.92. The summed E-state index contributed by atoms with van der Waals surface area (Å²) < 4.78 is 7.39. The van der Waals surface area contributed by atoms with Gasteiger partial charge < -0.3 is 9.64 Å². The maximum Gasteiger partial charge on any atom is 0.159 e. The first-order valence-electron chi connectivity index (χ1n) is 9.45. The molecule has 6 rings (SSSR count). The van der Waals surface area contributed by atoms with Gasteiger partial charge in [-0.25, -0.2) is 14.6 Å². The van der Waals surface area contributed by atoms with Crippen LogP contribution in [0.5, 0.6) is 0 Å². The third-order valence-corrected chi connectivity index (χ3v) is 6.27. The van der Waals surface area contributed by atoms with Gasteiger partial charge in [-0.05, 0) is 42.2 Å². The number of ether oxygens (including phenoxy) is 1. The number of aromatic nitrogens is 4. The van der Waals surface area contributed by atoms with Crippen molar-refractivity contribution >= 4 is 16.7 Å². The molecule has 132 valence electrons. The molecule has 6 nitrogen and oxygen atoms in total. The van der Waals surface area contributed by atoms with Crippen molar-refractivity contribution in [3.63, 3.8) is 0 Å². The second kappa shape index (κ2) is 5.27. The molecule has 26 heavy (non-hydrogen) atoms. The van der Waals surface area contributed by atoms with E-state index in [0.29, 0.717) is 5.41 Å². The minimum Gasteiger partial charge on any atom is -0.378 e. The van der Waals surface area contributed by atoms with Crippen LogP contribution < -0.4 is 4.90 Å². The highest BCUT2D eigenvalue weighted by Crippen LogP contribution is 2.75. The van der Waals surface area contributed by atoms with Crippen LogP contribution in [0.3, 0.4) is 0 Å². The molecule has 2 aromatic heterocycles. The Morgan fingerprint density at radius 3 is 2.69 bits per heavy atom. The van der Waals surface area contributed by atoms with E-state index >= 15 is 0 Å². The molecule has 3 heterocycles. The summed E-state index contributed by atoms with van der Waals surface area (Å²) in [7, 11) is 0. The Kier molecular flexibility index (Phi) is 2.97. The van der Waals surface area contributed by atoms with Crippen LogP contribution in [0.1, 0.15) is 30.7 Å². The van der Waals surface area contributed by atoms with E-state index in [1.165, 1.54) is 24.8 Å². The van der Waals surface area contributed by atoms with Crippen molar-refractivity contribution in [3.05, 3.63) is 42.4 Å². The first-order valence-corrected chi connectivity index (χ1v) is 9.45. The average Bonchev–Trinajstić information content (AvgIpc) is 3.60. The number of anilines is 1. The third kappa shape index (κ3) is 2.25. The molecule has 0 radical (unpaired) electrons. The second-order valence-electron chi connectivity index (χ2n) is 7.83. The first-order chi connectivity index (χ1) is 12.8. The van der Waals surface area contributed by atoms with Gasteiger partial charge in [-0.3, -0.25) is 0 Å². The molecule has 3 fully saturated rings. The van der Waals surface area contributed by atoms with E-state index in [9.17, 15) is 0 Å². The van der Waals surface area contributed by atoms with Gasteiger partial charge in [0.1, 0.15) is 12.1 Å². The maximum absolute atomic E-state index is 5.44. The number of fused-ring (bicyclic) bond motifs is 1. The average molecular weight is 347 g/mol. The molecule has 2 saturated carbocycles. The summed E-state index contributed by atoms with van der Waals surface area (Å²) in [6.45, 7) is 3.22. The Labute approximate surface area is 151 Å². The van der Waals surface area contributed by atoms with Crippen LogP contribution >= 0.6 is 0 Å². The molecule has 3 aromatic rings. The van der Waals surface area contributed by atoms with E-state index in [0.717, 1.165) is 54.8 Å². The van der Waals surface area contributed by atoms with Crippen LogP contribution in [-0.2, 0) is 4.74 Å². The summed E-state index contributed by atoms with van der Waals surface area (Å²) in [5.41, 5.74) is 3.26. The van der Waals surface area contributed by atoms with Crippen LogP contribution in [-0.4, -0.2) is 46.1 Å². The van der Waals surface area contributed by atoms with Crippen LogP contribution in [0.15, 0.2) is 36.8 Å². The summed E-state index contributed by atoms with van der Waals surface area (Å²) in [5.74, 6) is 2.52. The Morgan fingerprint density at radius 2 is 1.88 bits per heavy atom. The number of nitrogens with zero attached hydrogens (tertiary/aromatic N) is 5. The molecular formula is C20H21N5O. The molecule has 6 heteroatoms. The molecule has 1 aromatic carbocycles. The molecular weight excluding hydrogens is 326 g/mol. The Bertz CT molecular complexity index is 987. The molecule has 3 aliphatic rings. The van der Waals surface area contributed by atoms with Gasteiger partial charge in [-0.1, -0.05) is 12.1 Å². The minimum atomic E-state index is 0.664. The summed E-state index contributed by atoms with van der Waals surface area (Å²) >= 11 is 0. The van der Waals surface area contributed by atoms with Crippen LogP contribution in [0.25, 0.3) is 16.7 Å². The topological polar surface area (TPSA) is 56.1 Å². The summed E-state index contributed by atoms with van der Waals surface area (Å²) in [6.07, 6.45) is 7.74. The van der Waals surface area contributed by atoms with Gasteiger partial charge >= 0.3 is 0 Å². The van der Waals surface area contributed by atoms with Crippen LogP contribution in [0.4, 0.5) is 5.82 Å². The Morgan fingerprint density at radius 1 is 1.04 bits per heavy atom. The van der Waals surface area contributed by atoms with E-state index in [-0.39, 0.29) is 0 Å². The van der Waals surface area contributed by atoms with Crippen molar-refractivity contribution in [2.75, 3.05) is 31.2 Å². The normalized spacial score (nSPS) is 23.5. The van der Waals surface area contributed by atoms with Crippen molar-refractivity contribution in [1.82, 2.24) is 19.7 Å². The SMILES string of the molecule is c1nc(N2CCOCC2)cc(-n2ncc3ccc(C4CC45CC5)cc32)n1. The molecule has 1 aliphatic heterocycles. The lowest BCUT2D eigenvalue weighted by Gasteiger charge is -2.27. The largest absolute Gasteiger partial charge is 0.378 e. The van der Waals surface area contributed by atoms with Crippen LogP contribution in [0, 0.1) is 5.41 Å². The van der Waals surface area contributed by atoms with E-state index in [4.69, 9.17) is 4.74 Å². The van der Waals surface area contributed by atoms with Crippen molar-refractivity contribution in [2.24, 2.45) is 5.41 Å². The lowest BCUT2D eigenvalue weighted by Crippen LogP contribution is -2.36. The fourth-order valence-electron chi connectivity index (χ4n) is 4.39. The summed E-state index contributed by atoms with van der Waals surface area (Å²) in [6, 6.07) is 8.83. The molecule has 1 unspecified atom stereocenters. The van der Waals surface area contributed by atoms with E-state index in [2.05, 4.69) is 38.2 Å². The zero-order valence-electron chi connectivity index (χ0n) is 14.6. The fourth-order valence-corrected chi connectivity index (χ4v) is 4.39. The monoisotopic (exact) mass is 347 g/mol. The Hall–Kier alpha value is -2.47. The van der Waals surface area contributed by atoms with Gasteiger partial charge in [0.25, 0.3) is 0 Å². The van der Waals surface area contributed by atoms with Gasteiger partial charge in [-0.15, -0.1) is 0 Å². The maximum atomic E-state index is 5.44. The standard InChI is InChI=1S/C20H21N5O/c1-2-15-12-23-25(17(15)9-14(1)16-11-20(16)3-4-20)19-10-18(21-13-22-19)24-5-7-26-8-6-24/h1-2,9-10,12-13,16H,3-8,11H2. The number of benzene rings is 1. The van der Waals surface area contributed by atoms with E-state index < -0.39 is 0 Å². The van der Waals surface area contributed by atoms with Crippen molar-refractivity contribution in [1.29, 1.82) is 0 Å². The zero-order valence-corrected chi connectivity index (χ0v) is 14.6. The minimum absolute atomic E-state index is 0.664. The number of morpholine rings is 1. The predicted molar refractivity (Wildman–Crippen MR) is 98.7 cm³/mol. The highest BCUT2D eigenvalue weighted by atomic mass is 16.5. The van der Waals surface area contributed by atoms with Gasteiger partial charge in [-0.2, -0.15) is 5.10 Å². The molecule has 1 spiro atoms. The summed E-state index contributed by atoms with van der Waals surface area (Å²) in [5, 5.41) is 5.77. The van der Waals surface area contributed by atoms with Gasteiger partial charge in [0.15, 0.2) is 5.82 Å². The van der Waals surface area contributed by atoms with Gasteiger partial charge in [0, 0.05) is 24.5 Å². The van der Waals surface area contributed by atoms with Crippen molar-refractivity contribution < 1.29 is 4.74 Å². The third-order valence-electron chi connectivity index (χ3n) is 6.27. The van der Waals surface area contributed by atoms with Gasteiger partial charge in [0.05, 0.1) is 24.9 Å². The zero-order chi connectivity index (χ0) is 17.1. The molecule has 0 bridgehead atoms. The highest BCUT2D eigenvalue weighted by molar-refractivity contribution is 5.81. The number of hydrogen-bond donors (Lipinski definition) is 0. The number of hydrogen-bond acceptors (Lipinski definition) is 5. The quantitative estimate of drug-likeness (QED) is 0.729. The summed E-state index contributed by atoms with van der Waals surface area (Å²) in [4.78, 5) is 11.2. The Balaban J connectivity index is 1.39. The van der Waals surface area contributed by atoms with Crippen molar-refractivity contribution in [3.8, 4) is 5.82 Å². The molecule has 0 amide bonds. The van der Waals surface area contributed by atoms with Gasteiger partial charge in [0.2, 0.25) is 0 Å². The lowest BCUT2D eigenvalue weighted by molar-refractivity contribution is 0.122. The van der Waals surface area contributed by atoms with E-state index in [1.54, 1.807) is 6.33 Å². The first kappa shape index (κ1) is 14.7. The molecule has 2 aliphatic carbocycles.